The topological polar surface area (TPSA) is 80.9 Å². The Morgan fingerprint density at radius 1 is 1.16 bits per heavy atom. The van der Waals surface area contributed by atoms with E-state index in [0.717, 1.165) is 34.3 Å². The van der Waals surface area contributed by atoms with Crippen LogP contribution in [0.5, 0.6) is 0 Å². The van der Waals surface area contributed by atoms with Gasteiger partial charge in [-0.1, -0.05) is 0 Å². The molecule has 4 aromatic rings. The number of nitrogens with zero attached hydrogens (tertiary/aromatic N) is 6. The minimum Gasteiger partial charge on any atom is -0.307 e. The molecule has 5 rings (SSSR count). The fraction of sp³-hybridized carbons (Fsp3) is 0.286. The number of benzene rings is 2. The SMILES string of the molecule is Cc1cc2c(cnn2-c2ccc(F)cc2)cc1C1CN(S(=O)c2cnn(C)n2)CCN1. The average Bonchev–Trinajstić information content (AvgIpc) is 3.39. The van der Waals surface area contributed by atoms with Gasteiger partial charge in [-0.25, -0.2) is 17.6 Å². The molecule has 160 valence electrons. The standard InChI is InChI=1S/C21H22FN7OS/c1-14-9-20-15(11-25-29(20)17-5-3-16(22)4-6-17)10-18(14)19-13-28(8-7-23-19)31(30)21-12-24-27(2)26-21/h3-6,9-12,19,23H,7-8,13H2,1-2H3. The van der Waals surface area contributed by atoms with Crippen LogP contribution < -0.4 is 5.32 Å². The Kier molecular flexibility index (Phi) is 5.12. The van der Waals surface area contributed by atoms with Gasteiger partial charge in [-0.15, -0.1) is 5.10 Å². The molecule has 8 nitrogen and oxygen atoms in total. The molecule has 2 aromatic heterocycles. The molecule has 31 heavy (non-hydrogen) atoms. The average molecular weight is 440 g/mol. The largest absolute Gasteiger partial charge is 0.307 e. The summed E-state index contributed by atoms with van der Waals surface area (Å²) in [5, 5.41) is 17.7. The van der Waals surface area contributed by atoms with Crippen molar-refractivity contribution in [1.82, 2.24) is 34.4 Å². The van der Waals surface area contributed by atoms with Gasteiger partial charge in [-0.05, 0) is 54.4 Å². The van der Waals surface area contributed by atoms with Crippen molar-refractivity contribution in [2.75, 3.05) is 19.6 Å². The van der Waals surface area contributed by atoms with Crippen LogP contribution in [0.25, 0.3) is 16.6 Å². The first kappa shape index (κ1) is 20.0. The molecule has 2 atom stereocenters. The minimum atomic E-state index is -1.35. The molecule has 0 aliphatic carbocycles. The molecule has 0 radical (unpaired) electrons. The number of rotatable bonds is 4. The maximum atomic E-state index is 13.3. The Morgan fingerprint density at radius 2 is 1.97 bits per heavy atom. The smallest absolute Gasteiger partial charge is 0.185 e. The monoisotopic (exact) mass is 439 g/mol. The van der Waals surface area contributed by atoms with Crippen molar-refractivity contribution >= 4 is 21.9 Å². The van der Waals surface area contributed by atoms with Crippen molar-refractivity contribution in [3.05, 3.63) is 65.7 Å². The van der Waals surface area contributed by atoms with Crippen LogP contribution in [0.15, 0.2) is 53.8 Å². The van der Waals surface area contributed by atoms with E-state index in [2.05, 4.69) is 39.7 Å². The van der Waals surface area contributed by atoms with Gasteiger partial charge >= 0.3 is 0 Å². The zero-order valence-corrected chi connectivity index (χ0v) is 18.0. The third kappa shape index (κ3) is 3.78. The number of hydrogen-bond acceptors (Lipinski definition) is 5. The summed E-state index contributed by atoms with van der Waals surface area (Å²) < 4.78 is 30.0. The quantitative estimate of drug-likeness (QED) is 0.528. The fourth-order valence-corrected chi connectivity index (χ4v) is 5.11. The summed E-state index contributed by atoms with van der Waals surface area (Å²) >= 11 is 0. The molecule has 1 N–H and O–H groups in total. The Morgan fingerprint density at radius 3 is 2.71 bits per heavy atom. The third-order valence-electron chi connectivity index (χ3n) is 5.53. The number of halogens is 1. The molecular formula is C21H22FN7OS. The molecular weight excluding hydrogens is 417 g/mol. The second-order valence-corrected chi connectivity index (χ2v) is 9.05. The zero-order valence-electron chi connectivity index (χ0n) is 17.2. The van der Waals surface area contributed by atoms with E-state index in [1.165, 1.54) is 16.9 Å². The number of piperazine rings is 1. The van der Waals surface area contributed by atoms with E-state index >= 15 is 0 Å². The maximum Gasteiger partial charge on any atom is 0.185 e. The van der Waals surface area contributed by atoms with Gasteiger partial charge in [0.2, 0.25) is 0 Å². The molecule has 1 aliphatic rings. The highest BCUT2D eigenvalue weighted by molar-refractivity contribution is 7.82. The zero-order chi connectivity index (χ0) is 21.5. The van der Waals surface area contributed by atoms with Crippen molar-refractivity contribution in [1.29, 1.82) is 0 Å². The van der Waals surface area contributed by atoms with Gasteiger partial charge in [-0.3, -0.25) is 0 Å². The Balaban J connectivity index is 1.44. The predicted octanol–water partition coefficient (Wildman–Crippen LogP) is 2.27. The van der Waals surface area contributed by atoms with E-state index < -0.39 is 11.0 Å². The number of nitrogens with one attached hydrogen (secondary N) is 1. The van der Waals surface area contributed by atoms with Gasteiger partial charge in [-0.2, -0.15) is 15.0 Å². The second kappa shape index (κ2) is 7.95. The van der Waals surface area contributed by atoms with Gasteiger partial charge in [0.1, 0.15) is 16.8 Å². The molecule has 0 saturated carbocycles. The lowest BCUT2D eigenvalue weighted by Gasteiger charge is -2.33. The highest BCUT2D eigenvalue weighted by Gasteiger charge is 2.28. The molecule has 10 heteroatoms. The summed E-state index contributed by atoms with van der Waals surface area (Å²) in [4.78, 5) is 1.42. The Bertz CT molecular complexity index is 1270. The maximum absolute atomic E-state index is 13.3. The number of aromatic nitrogens is 5. The normalized spacial score (nSPS) is 18.5. The molecule has 0 amide bonds. The fourth-order valence-electron chi connectivity index (χ4n) is 3.98. The highest BCUT2D eigenvalue weighted by Crippen LogP contribution is 2.28. The van der Waals surface area contributed by atoms with E-state index in [1.807, 2.05) is 15.2 Å². The lowest BCUT2D eigenvalue weighted by molar-refractivity contribution is 0.313. The molecule has 2 unspecified atom stereocenters. The first-order chi connectivity index (χ1) is 15.0. The van der Waals surface area contributed by atoms with Crippen LogP contribution in [0.1, 0.15) is 17.2 Å². The lowest BCUT2D eigenvalue weighted by atomic mass is 9.98. The van der Waals surface area contributed by atoms with E-state index in [0.29, 0.717) is 18.1 Å². The minimum absolute atomic E-state index is 0.0351. The van der Waals surface area contributed by atoms with E-state index in [1.54, 1.807) is 25.4 Å². The summed E-state index contributed by atoms with van der Waals surface area (Å²) in [6.07, 6.45) is 3.37. The summed E-state index contributed by atoms with van der Waals surface area (Å²) in [5.74, 6) is -0.273. The first-order valence-electron chi connectivity index (χ1n) is 10.0. The molecule has 2 aromatic carbocycles. The van der Waals surface area contributed by atoms with Gasteiger partial charge in [0.15, 0.2) is 5.03 Å². The van der Waals surface area contributed by atoms with Crippen LogP contribution in [0.3, 0.4) is 0 Å². The molecule has 1 saturated heterocycles. The lowest BCUT2D eigenvalue weighted by Crippen LogP contribution is -2.46. The molecule has 1 aliphatic heterocycles. The van der Waals surface area contributed by atoms with Crippen LogP contribution in [0.4, 0.5) is 4.39 Å². The van der Waals surface area contributed by atoms with Crippen molar-refractivity contribution in [2.24, 2.45) is 7.05 Å². The van der Waals surface area contributed by atoms with Gasteiger partial charge in [0.25, 0.3) is 0 Å². The summed E-state index contributed by atoms with van der Waals surface area (Å²) in [7, 11) is 0.366. The van der Waals surface area contributed by atoms with Crippen LogP contribution >= 0.6 is 0 Å². The molecule has 3 heterocycles. The Labute approximate surface area is 181 Å². The van der Waals surface area contributed by atoms with Crippen LogP contribution in [0, 0.1) is 12.7 Å². The second-order valence-electron chi connectivity index (χ2n) is 7.62. The van der Waals surface area contributed by atoms with Crippen molar-refractivity contribution in [2.45, 2.75) is 18.0 Å². The van der Waals surface area contributed by atoms with Crippen molar-refractivity contribution in [3.63, 3.8) is 0 Å². The Hall–Kier alpha value is -2.95. The van der Waals surface area contributed by atoms with Crippen LogP contribution in [-0.2, 0) is 18.0 Å². The van der Waals surface area contributed by atoms with Crippen LogP contribution in [-0.4, -0.2) is 52.9 Å². The summed E-state index contributed by atoms with van der Waals surface area (Å²) in [5.41, 5.74) is 4.03. The summed E-state index contributed by atoms with van der Waals surface area (Å²) in [6.45, 7) is 4.06. The number of fused-ring (bicyclic) bond motifs is 1. The first-order valence-corrected chi connectivity index (χ1v) is 11.1. The predicted molar refractivity (Wildman–Crippen MR) is 115 cm³/mol. The van der Waals surface area contributed by atoms with Crippen molar-refractivity contribution in [3.8, 4) is 5.69 Å². The number of aryl methyl sites for hydroxylation is 2. The number of hydrogen-bond donors (Lipinski definition) is 1. The van der Waals surface area contributed by atoms with E-state index in [4.69, 9.17) is 0 Å². The third-order valence-corrected chi connectivity index (χ3v) is 6.88. The highest BCUT2D eigenvalue weighted by atomic mass is 32.2. The van der Waals surface area contributed by atoms with Crippen LogP contribution in [0.2, 0.25) is 0 Å². The molecule has 1 fully saturated rings. The molecule has 0 spiro atoms. The van der Waals surface area contributed by atoms with Gasteiger partial charge in [0.05, 0.1) is 23.6 Å². The van der Waals surface area contributed by atoms with E-state index in [9.17, 15) is 8.60 Å². The van der Waals surface area contributed by atoms with E-state index in [-0.39, 0.29) is 11.9 Å². The van der Waals surface area contributed by atoms with Gasteiger partial charge in [0, 0.05) is 38.1 Å². The van der Waals surface area contributed by atoms with Crippen molar-refractivity contribution < 1.29 is 8.60 Å². The summed E-state index contributed by atoms with van der Waals surface area (Å²) in [6, 6.07) is 10.6. The molecule has 0 bridgehead atoms. The van der Waals surface area contributed by atoms with Gasteiger partial charge < -0.3 is 5.32 Å².